The lowest BCUT2D eigenvalue weighted by Gasteiger charge is -2.16. The summed E-state index contributed by atoms with van der Waals surface area (Å²) in [5, 5.41) is 21.8. The van der Waals surface area contributed by atoms with Crippen molar-refractivity contribution in [2.24, 2.45) is 0 Å². The number of hydrogen-bond acceptors (Lipinski definition) is 5. The first-order valence-corrected chi connectivity index (χ1v) is 6.23. The van der Waals surface area contributed by atoms with Gasteiger partial charge in [-0.05, 0) is 33.2 Å². The third-order valence-electron chi connectivity index (χ3n) is 2.33. The number of methoxy groups -OCH3 is 1. The zero-order valence-electron chi connectivity index (χ0n) is 11.2. The quantitative estimate of drug-likeness (QED) is 0.455. The molecule has 5 heteroatoms. The van der Waals surface area contributed by atoms with Crippen molar-refractivity contribution < 1.29 is 19.7 Å². The van der Waals surface area contributed by atoms with Crippen molar-refractivity contribution in [3.05, 3.63) is 0 Å². The van der Waals surface area contributed by atoms with E-state index < -0.39 is 6.10 Å². The van der Waals surface area contributed by atoms with Gasteiger partial charge in [-0.2, -0.15) is 0 Å². The Kier molecular flexibility index (Phi) is 10.8. The van der Waals surface area contributed by atoms with Gasteiger partial charge in [0, 0.05) is 13.7 Å². The first kappa shape index (κ1) is 16.8. The van der Waals surface area contributed by atoms with Crippen molar-refractivity contribution in [1.29, 1.82) is 0 Å². The lowest BCUT2D eigenvalue weighted by molar-refractivity contribution is -0.0310. The van der Waals surface area contributed by atoms with Gasteiger partial charge in [0.2, 0.25) is 0 Å². The Hall–Kier alpha value is -0.200. The summed E-state index contributed by atoms with van der Waals surface area (Å²) < 4.78 is 10.3. The zero-order chi connectivity index (χ0) is 13.1. The highest BCUT2D eigenvalue weighted by atomic mass is 16.5. The SMILES string of the molecule is COCC(C)OCC(O)CNCCCC(C)O. The molecule has 0 saturated heterocycles. The van der Waals surface area contributed by atoms with Crippen molar-refractivity contribution in [1.82, 2.24) is 5.32 Å². The van der Waals surface area contributed by atoms with E-state index in [1.807, 2.05) is 6.92 Å². The number of hydrogen-bond donors (Lipinski definition) is 3. The summed E-state index contributed by atoms with van der Waals surface area (Å²) in [7, 11) is 1.62. The second kappa shape index (κ2) is 10.9. The van der Waals surface area contributed by atoms with Gasteiger partial charge >= 0.3 is 0 Å². The number of aliphatic hydroxyl groups excluding tert-OH is 2. The Bertz CT molecular complexity index is 167. The van der Waals surface area contributed by atoms with E-state index in [1.54, 1.807) is 14.0 Å². The molecule has 0 heterocycles. The topological polar surface area (TPSA) is 71.0 Å². The molecule has 3 N–H and O–H groups in total. The lowest BCUT2D eigenvalue weighted by atomic mass is 10.2. The van der Waals surface area contributed by atoms with Gasteiger partial charge < -0.3 is 25.0 Å². The third kappa shape index (κ3) is 12.1. The van der Waals surface area contributed by atoms with E-state index in [1.165, 1.54) is 0 Å². The summed E-state index contributed by atoms with van der Waals surface area (Å²) >= 11 is 0. The molecule has 104 valence electrons. The normalized spacial score (nSPS) is 16.8. The van der Waals surface area contributed by atoms with Gasteiger partial charge in [0.05, 0.1) is 31.5 Å². The number of nitrogens with one attached hydrogen (secondary N) is 1. The number of rotatable bonds is 11. The first-order chi connectivity index (χ1) is 8.06. The van der Waals surface area contributed by atoms with Crippen LogP contribution < -0.4 is 5.32 Å². The molecule has 0 radical (unpaired) electrons. The fraction of sp³-hybridized carbons (Fsp3) is 1.00. The van der Waals surface area contributed by atoms with E-state index in [9.17, 15) is 5.11 Å². The van der Waals surface area contributed by atoms with Crippen molar-refractivity contribution in [2.75, 3.05) is 33.4 Å². The minimum atomic E-state index is -0.499. The Morgan fingerprint density at radius 2 is 1.88 bits per heavy atom. The summed E-state index contributed by atoms with van der Waals surface area (Å²) in [6, 6.07) is 0. The van der Waals surface area contributed by atoms with Crippen LogP contribution in [0.15, 0.2) is 0 Å². The second-order valence-electron chi connectivity index (χ2n) is 4.45. The molecule has 0 fully saturated rings. The Morgan fingerprint density at radius 1 is 1.18 bits per heavy atom. The first-order valence-electron chi connectivity index (χ1n) is 6.23. The Labute approximate surface area is 104 Å². The van der Waals surface area contributed by atoms with Crippen molar-refractivity contribution >= 4 is 0 Å². The largest absolute Gasteiger partial charge is 0.393 e. The average molecular weight is 249 g/mol. The maximum atomic E-state index is 9.60. The molecular formula is C12H27NO4. The van der Waals surface area contributed by atoms with Crippen LogP contribution in [0.5, 0.6) is 0 Å². The van der Waals surface area contributed by atoms with Crippen LogP contribution in [0.25, 0.3) is 0 Å². The Morgan fingerprint density at radius 3 is 2.47 bits per heavy atom. The van der Waals surface area contributed by atoms with Crippen molar-refractivity contribution in [2.45, 2.75) is 45.0 Å². The van der Waals surface area contributed by atoms with Gasteiger partial charge in [0.25, 0.3) is 0 Å². The third-order valence-corrected chi connectivity index (χ3v) is 2.33. The molecule has 3 unspecified atom stereocenters. The minimum Gasteiger partial charge on any atom is -0.393 e. The maximum absolute atomic E-state index is 9.60. The van der Waals surface area contributed by atoms with Gasteiger partial charge in [-0.1, -0.05) is 0 Å². The molecule has 0 aromatic rings. The molecule has 0 bridgehead atoms. The standard InChI is InChI=1S/C12H27NO4/c1-10(14)5-4-6-13-7-12(15)9-17-11(2)8-16-3/h10-15H,4-9H2,1-3H3. The van der Waals surface area contributed by atoms with Crippen LogP contribution in [0, 0.1) is 0 Å². The van der Waals surface area contributed by atoms with Gasteiger partial charge in [0.1, 0.15) is 0 Å². The van der Waals surface area contributed by atoms with Crippen LogP contribution in [0.1, 0.15) is 26.7 Å². The van der Waals surface area contributed by atoms with Crippen LogP contribution in [0.4, 0.5) is 0 Å². The van der Waals surface area contributed by atoms with Crippen molar-refractivity contribution in [3.8, 4) is 0 Å². The second-order valence-corrected chi connectivity index (χ2v) is 4.45. The smallest absolute Gasteiger partial charge is 0.0897 e. The molecule has 0 aliphatic rings. The summed E-state index contributed by atoms with van der Waals surface area (Å²) in [5.41, 5.74) is 0. The predicted octanol–water partition coefficient (Wildman–Crippen LogP) is 0.149. The predicted molar refractivity (Wildman–Crippen MR) is 67.1 cm³/mol. The van der Waals surface area contributed by atoms with Crippen LogP contribution in [0.3, 0.4) is 0 Å². The van der Waals surface area contributed by atoms with Crippen LogP contribution in [-0.2, 0) is 9.47 Å². The van der Waals surface area contributed by atoms with Crippen LogP contribution >= 0.6 is 0 Å². The minimum absolute atomic E-state index is 0.00453. The lowest BCUT2D eigenvalue weighted by Crippen LogP contribution is -2.33. The molecule has 0 aromatic carbocycles. The molecule has 0 aliphatic heterocycles. The highest BCUT2D eigenvalue weighted by Gasteiger charge is 2.07. The monoisotopic (exact) mass is 249 g/mol. The van der Waals surface area contributed by atoms with E-state index in [0.29, 0.717) is 19.8 Å². The molecule has 0 rings (SSSR count). The van der Waals surface area contributed by atoms with Gasteiger partial charge in [0.15, 0.2) is 0 Å². The van der Waals surface area contributed by atoms with E-state index in [-0.39, 0.29) is 12.2 Å². The maximum Gasteiger partial charge on any atom is 0.0897 e. The van der Waals surface area contributed by atoms with E-state index in [4.69, 9.17) is 14.6 Å². The van der Waals surface area contributed by atoms with E-state index in [2.05, 4.69) is 5.32 Å². The van der Waals surface area contributed by atoms with Gasteiger partial charge in [-0.3, -0.25) is 0 Å². The van der Waals surface area contributed by atoms with Gasteiger partial charge in [-0.15, -0.1) is 0 Å². The average Bonchev–Trinajstić information content (AvgIpc) is 2.26. The zero-order valence-corrected chi connectivity index (χ0v) is 11.2. The highest BCUT2D eigenvalue weighted by molar-refractivity contribution is 4.60. The molecular weight excluding hydrogens is 222 g/mol. The molecule has 0 spiro atoms. The Balaban J connectivity index is 3.31. The van der Waals surface area contributed by atoms with E-state index >= 15 is 0 Å². The highest BCUT2D eigenvalue weighted by Crippen LogP contribution is 1.95. The molecule has 0 saturated carbocycles. The summed E-state index contributed by atoms with van der Waals surface area (Å²) in [5.74, 6) is 0. The van der Waals surface area contributed by atoms with E-state index in [0.717, 1.165) is 19.4 Å². The fourth-order valence-corrected chi connectivity index (χ4v) is 1.41. The van der Waals surface area contributed by atoms with Crippen molar-refractivity contribution in [3.63, 3.8) is 0 Å². The number of aliphatic hydroxyl groups is 2. The molecule has 17 heavy (non-hydrogen) atoms. The summed E-state index contributed by atoms with van der Waals surface area (Å²) in [6.45, 7) is 5.85. The molecule has 0 amide bonds. The number of ether oxygens (including phenoxy) is 2. The summed E-state index contributed by atoms with van der Waals surface area (Å²) in [6.07, 6.45) is 0.946. The van der Waals surface area contributed by atoms with Gasteiger partial charge in [-0.25, -0.2) is 0 Å². The molecule has 5 nitrogen and oxygen atoms in total. The van der Waals surface area contributed by atoms with Crippen LogP contribution in [0.2, 0.25) is 0 Å². The molecule has 0 aliphatic carbocycles. The summed E-state index contributed by atoms with van der Waals surface area (Å²) in [4.78, 5) is 0. The molecule has 3 atom stereocenters. The van der Waals surface area contributed by atoms with Crippen LogP contribution in [-0.4, -0.2) is 61.9 Å². The molecule has 0 aromatic heterocycles. The fourth-order valence-electron chi connectivity index (χ4n) is 1.41.